The van der Waals surface area contributed by atoms with Crippen LogP contribution in [0.4, 0.5) is 0 Å². The normalized spacial score (nSPS) is 17.5. The van der Waals surface area contributed by atoms with E-state index in [-0.39, 0.29) is 5.56 Å². The summed E-state index contributed by atoms with van der Waals surface area (Å²) >= 11 is 11.0. The molecule has 1 aromatic rings. The molecule has 0 atom stereocenters. The SMILES string of the molecule is O=C(NC1(C(=O)O)CCSCC1)c1cc(Br)ccc1Cl. The number of nitrogens with one attached hydrogen (secondary N) is 1. The van der Waals surface area contributed by atoms with Gasteiger partial charge in [-0.25, -0.2) is 4.79 Å². The number of carbonyl (C=O) groups excluding carboxylic acids is 1. The van der Waals surface area contributed by atoms with Gasteiger partial charge >= 0.3 is 5.97 Å². The van der Waals surface area contributed by atoms with E-state index in [1.54, 1.807) is 30.0 Å². The summed E-state index contributed by atoms with van der Waals surface area (Å²) in [6, 6.07) is 4.92. The van der Waals surface area contributed by atoms with Crippen molar-refractivity contribution in [3.8, 4) is 0 Å². The van der Waals surface area contributed by atoms with Crippen LogP contribution in [-0.4, -0.2) is 34.0 Å². The Hall–Kier alpha value is -0.720. The predicted octanol–water partition coefficient (Wildman–Crippen LogP) is 3.18. The largest absolute Gasteiger partial charge is 0.480 e. The number of carboxylic acids is 1. The van der Waals surface area contributed by atoms with Crippen LogP contribution in [-0.2, 0) is 4.79 Å². The number of benzene rings is 1. The molecule has 2 rings (SSSR count). The molecule has 4 nitrogen and oxygen atoms in total. The van der Waals surface area contributed by atoms with Crippen molar-refractivity contribution in [2.75, 3.05) is 11.5 Å². The molecule has 0 aromatic heterocycles. The number of carbonyl (C=O) groups is 2. The van der Waals surface area contributed by atoms with E-state index in [2.05, 4.69) is 21.2 Å². The lowest BCUT2D eigenvalue weighted by Gasteiger charge is -2.33. The van der Waals surface area contributed by atoms with Gasteiger partial charge in [0.1, 0.15) is 5.54 Å². The van der Waals surface area contributed by atoms with Crippen LogP contribution in [0.15, 0.2) is 22.7 Å². The maximum absolute atomic E-state index is 12.3. The number of aliphatic carboxylic acids is 1. The summed E-state index contributed by atoms with van der Waals surface area (Å²) in [6.07, 6.45) is 0.842. The third-order valence-corrected chi connectivity index (χ3v) is 5.09. The maximum Gasteiger partial charge on any atom is 0.329 e. The second kappa shape index (κ2) is 6.37. The zero-order chi connectivity index (χ0) is 14.8. The van der Waals surface area contributed by atoms with E-state index in [9.17, 15) is 14.7 Å². The van der Waals surface area contributed by atoms with E-state index in [0.29, 0.717) is 17.9 Å². The van der Waals surface area contributed by atoms with E-state index in [1.807, 2.05) is 0 Å². The molecule has 0 unspecified atom stereocenters. The Kier molecular flexibility index (Phi) is 4.99. The molecule has 2 N–H and O–H groups in total. The summed E-state index contributed by atoms with van der Waals surface area (Å²) < 4.78 is 0.718. The van der Waals surface area contributed by atoms with E-state index in [1.165, 1.54) is 0 Å². The first kappa shape index (κ1) is 15.7. The van der Waals surface area contributed by atoms with Gasteiger partial charge in [-0.1, -0.05) is 27.5 Å². The van der Waals surface area contributed by atoms with Crippen molar-refractivity contribution in [3.05, 3.63) is 33.3 Å². The van der Waals surface area contributed by atoms with Gasteiger partial charge in [0.05, 0.1) is 10.6 Å². The van der Waals surface area contributed by atoms with Gasteiger partial charge in [0.15, 0.2) is 0 Å². The topological polar surface area (TPSA) is 66.4 Å². The lowest BCUT2D eigenvalue weighted by Crippen LogP contribution is -2.56. The molecule has 1 aliphatic heterocycles. The molecule has 0 radical (unpaired) electrons. The maximum atomic E-state index is 12.3. The van der Waals surface area contributed by atoms with Gasteiger partial charge in [-0.05, 0) is 42.5 Å². The minimum atomic E-state index is -1.19. The van der Waals surface area contributed by atoms with E-state index < -0.39 is 17.4 Å². The molecule has 0 aliphatic carbocycles. The lowest BCUT2D eigenvalue weighted by atomic mass is 9.92. The number of carboxylic acid groups (broad SMARTS) is 1. The Morgan fingerprint density at radius 1 is 1.35 bits per heavy atom. The van der Waals surface area contributed by atoms with Crippen molar-refractivity contribution in [2.24, 2.45) is 0 Å². The molecule has 20 heavy (non-hydrogen) atoms. The van der Waals surface area contributed by atoms with E-state index in [4.69, 9.17) is 11.6 Å². The fourth-order valence-electron chi connectivity index (χ4n) is 2.07. The zero-order valence-corrected chi connectivity index (χ0v) is 13.6. The lowest BCUT2D eigenvalue weighted by molar-refractivity contribution is -0.144. The number of amides is 1. The van der Waals surface area contributed by atoms with Crippen molar-refractivity contribution in [3.63, 3.8) is 0 Å². The van der Waals surface area contributed by atoms with Crippen molar-refractivity contribution in [2.45, 2.75) is 18.4 Å². The van der Waals surface area contributed by atoms with Gasteiger partial charge in [-0.3, -0.25) is 4.79 Å². The molecule has 0 bridgehead atoms. The minimum absolute atomic E-state index is 0.278. The molecule has 1 aliphatic rings. The molecule has 0 spiro atoms. The van der Waals surface area contributed by atoms with Crippen molar-refractivity contribution in [1.29, 1.82) is 0 Å². The quantitative estimate of drug-likeness (QED) is 0.848. The molecular formula is C13H13BrClNO3S. The molecule has 1 fully saturated rings. The highest BCUT2D eigenvalue weighted by Gasteiger charge is 2.41. The summed E-state index contributed by atoms with van der Waals surface area (Å²) in [5.74, 6) is 0.000268. The molecular weight excluding hydrogens is 366 g/mol. The number of thioether (sulfide) groups is 1. The minimum Gasteiger partial charge on any atom is -0.480 e. The number of hydrogen-bond donors (Lipinski definition) is 2. The number of rotatable bonds is 3. The summed E-state index contributed by atoms with van der Waals surface area (Å²) in [4.78, 5) is 23.8. The van der Waals surface area contributed by atoms with Gasteiger partial charge in [-0.15, -0.1) is 0 Å². The third-order valence-electron chi connectivity index (χ3n) is 3.28. The first-order valence-electron chi connectivity index (χ1n) is 6.03. The molecule has 108 valence electrons. The Morgan fingerprint density at radius 3 is 2.60 bits per heavy atom. The zero-order valence-electron chi connectivity index (χ0n) is 10.5. The third kappa shape index (κ3) is 3.30. The molecule has 1 amide bonds. The summed E-state index contributed by atoms with van der Waals surface area (Å²) in [5.41, 5.74) is -0.909. The Balaban J connectivity index is 2.24. The second-order valence-corrected chi connectivity index (χ2v) is 7.13. The van der Waals surface area contributed by atoms with Crippen LogP contribution < -0.4 is 5.32 Å². The van der Waals surface area contributed by atoms with E-state index >= 15 is 0 Å². The molecule has 0 saturated carbocycles. The number of hydrogen-bond acceptors (Lipinski definition) is 3. The average molecular weight is 379 g/mol. The molecule has 1 saturated heterocycles. The highest BCUT2D eigenvalue weighted by molar-refractivity contribution is 9.10. The molecule has 1 heterocycles. The summed E-state index contributed by atoms with van der Waals surface area (Å²) in [7, 11) is 0. The first-order valence-corrected chi connectivity index (χ1v) is 8.36. The van der Waals surface area contributed by atoms with Gasteiger partial charge in [0, 0.05) is 4.47 Å². The smallest absolute Gasteiger partial charge is 0.329 e. The van der Waals surface area contributed by atoms with Gasteiger partial charge in [-0.2, -0.15) is 11.8 Å². The Morgan fingerprint density at radius 2 is 2.00 bits per heavy atom. The highest BCUT2D eigenvalue weighted by Crippen LogP contribution is 2.29. The van der Waals surface area contributed by atoms with Crippen LogP contribution in [0.25, 0.3) is 0 Å². The Bertz CT molecular complexity index is 546. The summed E-state index contributed by atoms with van der Waals surface area (Å²) in [5, 5.41) is 12.4. The summed E-state index contributed by atoms with van der Waals surface area (Å²) in [6.45, 7) is 0. The van der Waals surface area contributed by atoms with Crippen molar-refractivity contribution >= 4 is 51.2 Å². The van der Waals surface area contributed by atoms with Crippen LogP contribution in [0, 0.1) is 0 Å². The molecule has 1 aromatic carbocycles. The fourth-order valence-corrected chi connectivity index (χ4v) is 3.82. The molecule has 7 heteroatoms. The predicted molar refractivity (Wildman–Crippen MR) is 83.5 cm³/mol. The average Bonchev–Trinajstić information content (AvgIpc) is 2.42. The van der Waals surface area contributed by atoms with E-state index in [0.717, 1.165) is 16.0 Å². The van der Waals surface area contributed by atoms with Crippen LogP contribution in [0.3, 0.4) is 0 Å². The van der Waals surface area contributed by atoms with Gasteiger partial charge < -0.3 is 10.4 Å². The fraction of sp³-hybridized carbons (Fsp3) is 0.385. The van der Waals surface area contributed by atoms with Crippen LogP contribution in [0.5, 0.6) is 0 Å². The van der Waals surface area contributed by atoms with Gasteiger partial charge in [0.2, 0.25) is 0 Å². The standard InChI is InChI=1S/C13H13BrClNO3S/c14-8-1-2-10(15)9(7-8)11(17)16-13(12(18)19)3-5-20-6-4-13/h1-2,7H,3-6H2,(H,16,17)(H,18,19). The highest BCUT2D eigenvalue weighted by atomic mass is 79.9. The van der Waals surface area contributed by atoms with Crippen LogP contribution >= 0.6 is 39.3 Å². The van der Waals surface area contributed by atoms with Crippen LogP contribution in [0.1, 0.15) is 23.2 Å². The number of halogens is 2. The van der Waals surface area contributed by atoms with Crippen LogP contribution in [0.2, 0.25) is 5.02 Å². The Labute approximate surface area is 134 Å². The van der Waals surface area contributed by atoms with Gasteiger partial charge in [0.25, 0.3) is 5.91 Å². The van der Waals surface area contributed by atoms with Crippen molar-refractivity contribution < 1.29 is 14.7 Å². The van der Waals surface area contributed by atoms with Crippen molar-refractivity contribution in [1.82, 2.24) is 5.32 Å². The second-order valence-electron chi connectivity index (χ2n) is 4.58. The monoisotopic (exact) mass is 377 g/mol. The first-order chi connectivity index (χ1) is 9.44.